The van der Waals surface area contributed by atoms with Crippen LogP contribution in [0.3, 0.4) is 0 Å². The Bertz CT molecular complexity index is 1160. The van der Waals surface area contributed by atoms with Gasteiger partial charge in [0.25, 0.3) is 5.69 Å². The molecule has 164 valence electrons. The molecular weight excluding hydrogens is 438 g/mol. The van der Waals surface area contributed by atoms with E-state index in [1.54, 1.807) is 24.3 Å². The summed E-state index contributed by atoms with van der Waals surface area (Å²) in [6.45, 7) is -0.155. The van der Waals surface area contributed by atoms with Crippen LogP contribution in [0, 0.1) is 21.4 Å². The molecular formula is C21H17N3O7S. The number of anilines is 1. The summed E-state index contributed by atoms with van der Waals surface area (Å²) in [6, 6.07) is 12.9. The highest BCUT2D eigenvalue weighted by molar-refractivity contribution is 7.99. The van der Waals surface area contributed by atoms with E-state index in [1.807, 2.05) is 6.07 Å². The second-order valence-corrected chi connectivity index (χ2v) is 7.42. The van der Waals surface area contributed by atoms with E-state index in [0.29, 0.717) is 15.5 Å². The van der Waals surface area contributed by atoms with Gasteiger partial charge in [-0.05, 0) is 18.2 Å². The third-order valence-electron chi connectivity index (χ3n) is 4.50. The monoisotopic (exact) mass is 455 g/mol. The van der Waals surface area contributed by atoms with Crippen LogP contribution in [-0.4, -0.2) is 44.4 Å². The minimum atomic E-state index is -0.735. The first-order valence-corrected chi connectivity index (χ1v) is 9.93. The molecule has 0 saturated carbocycles. The summed E-state index contributed by atoms with van der Waals surface area (Å²) in [5, 5.41) is 20.5. The molecule has 0 aliphatic carbocycles. The molecule has 3 rings (SSSR count). The van der Waals surface area contributed by atoms with E-state index in [4.69, 9.17) is 14.2 Å². The number of para-hydroxylation sites is 1. The summed E-state index contributed by atoms with van der Waals surface area (Å²) in [5.41, 5.74) is 0.456. The first kappa shape index (κ1) is 22.8. The maximum absolute atomic E-state index is 12.6. The summed E-state index contributed by atoms with van der Waals surface area (Å²) >= 11 is 1.18. The molecule has 2 aromatic rings. The first-order valence-electron chi connectivity index (χ1n) is 9.11. The molecule has 0 fully saturated rings. The molecule has 10 nitrogen and oxygen atoms in total. The Morgan fingerprint density at radius 2 is 1.88 bits per heavy atom. The van der Waals surface area contributed by atoms with Crippen molar-refractivity contribution in [2.24, 2.45) is 0 Å². The highest BCUT2D eigenvalue weighted by Gasteiger charge is 2.33. The van der Waals surface area contributed by atoms with Crippen molar-refractivity contribution in [3.8, 4) is 6.07 Å². The number of carbonyl (C=O) groups excluding carboxylic acids is 2. The predicted octanol–water partition coefficient (Wildman–Crippen LogP) is 3.01. The van der Waals surface area contributed by atoms with Crippen molar-refractivity contribution in [1.82, 2.24) is 0 Å². The van der Waals surface area contributed by atoms with Gasteiger partial charge in [-0.2, -0.15) is 5.26 Å². The largest absolute Gasteiger partial charge is 0.466 e. The summed E-state index contributed by atoms with van der Waals surface area (Å²) in [6.07, 6.45) is 0. The topological polar surface area (TPSA) is 132 Å². The Kier molecular flexibility index (Phi) is 7.09. The van der Waals surface area contributed by atoms with Crippen molar-refractivity contribution in [2.45, 2.75) is 9.79 Å². The SMILES string of the molecule is COC(=O)C1=C(C(=O)OC)N(c2ccccc2Sc2ccc([N+](=O)[O-])cc2C#N)COC1. The number of nitrogens with zero attached hydrogens (tertiary/aromatic N) is 3. The zero-order valence-corrected chi connectivity index (χ0v) is 17.9. The van der Waals surface area contributed by atoms with Crippen molar-refractivity contribution >= 4 is 35.1 Å². The van der Waals surface area contributed by atoms with Gasteiger partial charge in [0, 0.05) is 21.9 Å². The standard InChI is InChI=1S/C21H17N3O7S/c1-29-20(25)15-11-31-12-23(19(15)21(26)30-2)16-5-3-4-6-18(16)32-17-8-7-14(24(27)28)9-13(17)10-22/h3-9H,11-12H2,1-2H3. The number of nitro benzene ring substituents is 1. The van der Waals surface area contributed by atoms with Gasteiger partial charge in [0.15, 0.2) is 0 Å². The van der Waals surface area contributed by atoms with E-state index in [0.717, 1.165) is 0 Å². The molecule has 0 N–H and O–H groups in total. The van der Waals surface area contributed by atoms with Crippen LogP contribution >= 0.6 is 11.8 Å². The normalized spacial score (nSPS) is 13.3. The maximum Gasteiger partial charge on any atom is 0.355 e. The molecule has 0 amide bonds. The summed E-state index contributed by atoms with van der Waals surface area (Å²) in [7, 11) is 2.40. The molecule has 0 aromatic heterocycles. The van der Waals surface area contributed by atoms with Crippen molar-refractivity contribution in [2.75, 3.05) is 32.5 Å². The average molecular weight is 455 g/mol. The van der Waals surface area contributed by atoms with Crippen molar-refractivity contribution in [3.63, 3.8) is 0 Å². The fraction of sp³-hybridized carbons (Fsp3) is 0.190. The number of ether oxygens (including phenoxy) is 3. The van der Waals surface area contributed by atoms with Crippen LogP contribution in [0.5, 0.6) is 0 Å². The number of nitro groups is 1. The Balaban J connectivity index is 2.08. The van der Waals surface area contributed by atoms with Crippen LogP contribution in [0.1, 0.15) is 5.56 Å². The Morgan fingerprint density at radius 3 is 2.53 bits per heavy atom. The van der Waals surface area contributed by atoms with Gasteiger partial charge < -0.3 is 19.1 Å². The highest BCUT2D eigenvalue weighted by atomic mass is 32.2. The van der Waals surface area contributed by atoms with Crippen molar-refractivity contribution in [3.05, 3.63) is 69.4 Å². The summed E-state index contributed by atoms with van der Waals surface area (Å²) < 4.78 is 15.2. The number of rotatable bonds is 6. The lowest BCUT2D eigenvalue weighted by molar-refractivity contribution is -0.384. The molecule has 32 heavy (non-hydrogen) atoms. The lowest BCUT2D eigenvalue weighted by Gasteiger charge is -2.32. The number of hydrogen-bond acceptors (Lipinski definition) is 10. The van der Waals surface area contributed by atoms with Crippen LogP contribution in [-0.2, 0) is 23.8 Å². The van der Waals surface area contributed by atoms with Gasteiger partial charge >= 0.3 is 11.9 Å². The third-order valence-corrected chi connectivity index (χ3v) is 5.64. The zero-order valence-electron chi connectivity index (χ0n) is 17.1. The molecule has 1 aliphatic rings. The smallest absolute Gasteiger partial charge is 0.355 e. The Hall–Kier alpha value is -3.88. The van der Waals surface area contributed by atoms with Crippen LogP contribution < -0.4 is 4.90 Å². The maximum atomic E-state index is 12.6. The van der Waals surface area contributed by atoms with E-state index in [2.05, 4.69) is 0 Å². The average Bonchev–Trinajstić information content (AvgIpc) is 2.83. The van der Waals surface area contributed by atoms with Crippen LogP contribution in [0.4, 0.5) is 11.4 Å². The van der Waals surface area contributed by atoms with Crippen LogP contribution in [0.25, 0.3) is 0 Å². The van der Waals surface area contributed by atoms with E-state index >= 15 is 0 Å². The van der Waals surface area contributed by atoms with Crippen molar-refractivity contribution < 1.29 is 28.7 Å². The lowest BCUT2D eigenvalue weighted by Crippen LogP contribution is -2.39. The quantitative estimate of drug-likeness (QED) is 0.364. The fourth-order valence-electron chi connectivity index (χ4n) is 3.03. The molecule has 0 spiro atoms. The summed E-state index contributed by atoms with van der Waals surface area (Å²) in [5.74, 6) is -1.45. The molecule has 0 saturated heterocycles. The van der Waals surface area contributed by atoms with E-state index in [1.165, 1.54) is 49.1 Å². The van der Waals surface area contributed by atoms with Crippen molar-refractivity contribution in [1.29, 1.82) is 5.26 Å². The molecule has 11 heteroatoms. The van der Waals surface area contributed by atoms with E-state index < -0.39 is 16.9 Å². The van der Waals surface area contributed by atoms with Crippen LogP contribution in [0.2, 0.25) is 0 Å². The predicted molar refractivity (Wildman–Crippen MR) is 113 cm³/mol. The number of nitriles is 1. The number of methoxy groups -OCH3 is 2. The van der Waals surface area contributed by atoms with Gasteiger partial charge in [-0.1, -0.05) is 23.9 Å². The number of esters is 2. The van der Waals surface area contributed by atoms with Gasteiger partial charge in [-0.15, -0.1) is 0 Å². The fourth-order valence-corrected chi connectivity index (χ4v) is 4.04. The molecule has 1 heterocycles. The second kappa shape index (κ2) is 9.95. The van der Waals surface area contributed by atoms with Gasteiger partial charge in [0.2, 0.25) is 0 Å². The summed E-state index contributed by atoms with van der Waals surface area (Å²) in [4.78, 5) is 37.8. The van der Waals surface area contributed by atoms with E-state index in [-0.39, 0.29) is 35.9 Å². The number of hydrogen-bond donors (Lipinski definition) is 0. The molecule has 1 aliphatic heterocycles. The Labute approximate surface area is 187 Å². The Morgan fingerprint density at radius 1 is 1.16 bits per heavy atom. The van der Waals surface area contributed by atoms with Gasteiger partial charge in [0.05, 0.1) is 42.6 Å². The first-order chi connectivity index (χ1) is 15.4. The van der Waals surface area contributed by atoms with Crippen LogP contribution in [0.15, 0.2) is 63.5 Å². The minimum absolute atomic E-state index is 0.0112. The number of non-ortho nitro benzene ring substituents is 1. The molecule has 2 aromatic carbocycles. The minimum Gasteiger partial charge on any atom is -0.466 e. The lowest BCUT2D eigenvalue weighted by atomic mass is 10.1. The highest BCUT2D eigenvalue weighted by Crippen LogP contribution is 2.40. The molecule has 0 unspecified atom stereocenters. The third kappa shape index (κ3) is 4.56. The zero-order chi connectivity index (χ0) is 23.3. The van der Waals surface area contributed by atoms with Gasteiger partial charge in [-0.25, -0.2) is 9.59 Å². The van der Waals surface area contributed by atoms with E-state index in [9.17, 15) is 25.0 Å². The number of carbonyl (C=O) groups is 2. The molecule has 0 atom stereocenters. The number of benzene rings is 2. The van der Waals surface area contributed by atoms with Gasteiger partial charge in [0.1, 0.15) is 18.5 Å². The molecule has 0 radical (unpaired) electrons. The van der Waals surface area contributed by atoms with Gasteiger partial charge in [-0.3, -0.25) is 10.1 Å². The second-order valence-electron chi connectivity index (χ2n) is 6.34. The molecule has 0 bridgehead atoms.